The van der Waals surface area contributed by atoms with Gasteiger partial charge in [-0.3, -0.25) is 14.4 Å². The van der Waals surface area contributed by atoms with Gasteiger partial charge in [0, 0.05) is 56.0 Å². The fraction of sp³-hybridized carbons (Fsp3) is 0.448. The number of amides is 4. The molecule has 2 N–H and O–H groups in total. The summed E-state index contributed by atoms with van der Waals surface area (Å²) in [6.45, 7) is 2.10. The topological polar surface area (TPSA) is 108 Å². The molecule has 0 spiro atoms. The van der Waals surface area contributed by atoms with Gasteiger partial charge in [-0.25, -0.2) is 9.18 Å². The first-order valence-corrected chi connectivity index (χ1v) is 14.0. The van der Waals surface area contributed by atoms with Crippen molar-refractivity contribution in [3.63, 3.8) is 0 Å². The molecule has 5 rings (SSSR count). The maximum absolute atomic E-state index is 13.6. The summed E-state index contributed by atoms with van der Waals surface area (Å²) >= 11 is 6.08. The molecule has 1 unspecified atom stereocenters. The van der Waals surface area contributed by atoms with Crippen LogP contribution in [0.4, 0.5) is 9.18 Å². The molecule has 2 aromatic carbocycles. The average Bonchev–Trinajstić information content (AvgIpc) is 3.38. The van der Waals surface area contributed by atoms with Crippen molar-refractivity contribution in [1.29, 1.82) is 0 Å². The molecule has 9 nitrogen and oxygen atoms in total. The summed E-state index contributed by atoms with van der Waals surface area (Å²) in [4.78, 5) is 54.2. The highest BCUT2D eigenvalue weighted by molar-refractivity contribution is 6.30. The standard InChI is InChI=1S/C29H32ClFN4O5/c30-21-4-1-18(2-5-21)24-16-35(17-25(24)33-29(39)40-23-8-6-22(31)7-9-23)27(37)19-11-13-34(14-12-19)28(38)20-3-10-26(36)32-15-20/h1-2,4-9,19-20,24-25H,3,10-17H2,(H,32,36)(H,33,39)/t20?,24-,25+/m0/s1. The molecule has 0 saturated carbocycles. The molecule has 0 bridgehead atoms. The highest BCUT2D eigenvalue weighted by Crippen LogP contribution is 2.32. The molecule has 0 radical (unpaired) electrons. The van der Waals surface area contributed by atoms with E-state index in [0.717, 1.165) is 5.56 Å². The number of ether oxygens (including phenoxy) is 1. The predicted molar refractivity (Wildman–Crippen MR) is 145 cm³/mol. The Morgan fingerprint density at radius 2 is 1.57 bits per heavy atom. The van der Waals surface area contributed by atoms with Crippen LogP contribution in [0, 0.1) is 17.7 Å². The molecule has 3 fully saturated rings. The Morgan fingerprint density at radius 1 is 0.900 bits per heavy atom. The lowest BCUT2D eigenvalue weighted by Crippen LogP contribution is -2.49. The Hall–Kier alpha value is -3.66. The molecule has 0 aromatic heterocycles. The van der Waals surface area contributed by atoms with Crippen LogP contribution in [0.25, 0.3) is 0 Å². The summed E-state index contributed by atoms with van der Waals surface area (Å²) in [5, 5.41) is 6.24. The van der Waals surface area contributed by atoms with Crippen molar-refractivity contribution < 1.29 is 28.3 Å². The van der Waals surface area contributed by atoms with Gasteiger partial charge < -0.3 is 25.2 Å². The van der Waals surface area contributed by atoms with Crippen LogP contribution in [0.3, 0.4) is 0 Å². The van der Waals surface area contributed by atoms with Crippen LogP contribution in [0.2, 0.25) is 5.02 Å². The lowest BCUT2D eigenvalue weighted by molar-refractivity contribution is -0.143. The van der Waals surface area contributed by atoms with Crippen LogP contribution in [-0.4, -0.2) is 72.4 Å². The van der Waals surface area contributed by atoms with E-state index in [1.807, 2.05) is 17.0 Å². The van der Waals surface area contributed by atoms with E-state index in [0.29, 0.717) is 63.4 Å². The first-order chi connectivity index (χ1) is 19.3. The van der Waals surface area contributed by atoms with Crippen molar-refractivity contribution in [1.82, 2.24) is 20.4 Å². The van der Waals surface area contributed by atoms with E-state index in [1.165, 1.54) is 24.3 Å². The molecule has 3 aliphatic rings. The van der Waals surface area contributed by atoms with Gasteiger partial charge in [-0.15, -0.1) is 0 Å². The highest BCUT2D eigenvalue weighted by Gasteiger charge is 2.41. The molecule has 3 heterocycles. The second-order valence-corrected chi connectivity index (χ2v) is 11.1. The molecular weight excluding hydrogens is 539 g/mol. The number of piperidine rings is 2. The zero-order valence-electron chi connectivity index (χ0n) is 22.0. The van der Waals surface area contributed by atoms with E-state index in [2.05, 4.69) is 10.6 Å². The fourth-order valence-electron chi connectivity index (χ4n) is 5.78. The van der Waals surface area contributed by atoms with Crippen molar-refractivity contribution in [3.8, 4) is 5.75 Å². The molecule has 4 amide bonds. The molecule has 3 saturated heterocycles. The summed E-state index contributed by atoms with van der Waals surface area (Å²) in [6.07, 6.45) is 1.37. The Morgan fingerprint density at radius 3 is 2.23 bits per heavy atom. The molecule has 40 heavy (non-hydrogen) atoms. The Kier molecular flexibility index (Phi) is 8.54. The maximum atomic E-state index is 13.6. The molecular formula is C29H32ClFN4O5. The quantitative estimate of drug-likeness (QED) is 0.573. The van der Waals surface area contributed by atoms with E-state index >= 15 is 0 Å². The van der Waals surface area contributed by atoms with Gasteiger partial charge in [0.25, 0.3) is 0 Å². The van der Waals surface area contributed by atoms with Gasteiger partial charge in [-0.2, -0.15) is 0 Å². The maximum Gasteiger partial charge on any atom is 0.412 e. The summed E-state index contributed by atoms with van der Waals surface area (Å²) in [5.74, 6) is -0.789. The third kappa shape index (κ3) is 6.55. The number of hydrogen-bond donors (Lipinski definition) is 2. The molecule has 2 aromatic rings. The number of hydrogen-bond acceptors (Lipinski definition) is 5. The first kappa shape index (κ1) is 27.9. The third-order valence-corrected chi connectivity index (χ3v) is 8.28. The van der Waals surface area contributed by atoms with Crippen LogP contribution < -0.4 is 15.4 Å². The van der Waals surface area contributed by atoms with E-state index < -0.39 is 18.0 Å². The zero-order valence-corrected chi connectivity index (χ0v) is 22.7. The molecule has 3 atom stereocenters. The first-order valence-electron chi connectivity index (χ1n) is 13.6. The second-order valence-electron chi connectivity index (χ2n) is 10.6. The number of nitrogens with one attached hydrogen (secondary N) is 2. The Balaban J connectivity index is 1.21. The average molecular weight is 571 g/mol. The van der Waals surface area contributed by atoms with Crippen molar-refractivity contribution in [3.05, 3.63) is 64.9 Å². The lowest BCUT2D eigenvalue weighted by atomic mass is 9.92. The van der Waals surface area contributed by atoms with Gasteiger partial charge in [0.1, 0.15) is 11.6 Å². The summed E-state index contributed by atoms with van der Waals surface area (Å²) in [5.41, 5.74) is 0.937. The number of carbonyl (C=O) groups is 4. The predicted octanol–water partition coefficient (Wildman–Crippen LogP) is 3.33. The van der Waals surface area contributed by atoms with Gasteiger partial charge in [0.15, 0.2) is 0 Å². The number of nitrogens with zero attached hydrogens (tertiary/aromatic N) is 2. The van der Waals surface area contributed by atoms with E-state index in [4.69, 9.17) is 16.3 Å². The van der Waals surface area contributed by atoms with Crippen molar-refractivity contribution in [2.45, 2.75) is 37.6 Å². The highest BCUT2D eigenvalue weighted by atomic mass is 35.5. The number of rotatable bonds is 5. The van der Waals surface area contributed by atoms with E-state index in [9.17, 15) is 23.6 Å². The molecule has 212 valence electrons. The molecule has 3 aliphatic heterocycles. The number of likely N-dealkylation sites (tertiary alicyclic amines) is 2. The SMILES string of the molecule is O=C1CCC(C(=O)N2CCC(C(=O)N3C[C@@H](NC(=O)Oc4ccc(F)cc4)[C@H](c4ccc(Cl)cc4)C3)CC2)CN1. The third-order valence-electron chi connectivity index (χ3n) is 8.03. The molecule has 11 heteroatoms. The summed E-state index contributed by atoms with van der Waals surface area (Å²) in [7, 11) is 0. The minimum atomic E-state index is -0.685. The van der Waals surface area contributed by atoms with Gasteiger partial charge in [0.2, 0.25) is 17.7 Å². The van der Waals surface area contributed by atoms with Crippen molar-refractivity contribution >= 4 is 35.4 Å². The van der Waals surface area contributed by atoms with E-state index in [-0.39, 0.29) is 41.2 Å². The normalized spacial score (nSPS) is 23.4. The smallest absolute Gasteiger partial charge is 0.410 e. The summed E-state index contributed by atoms with van der Waals surface area (Å²) < 4.78 is 18.5. The van der Waals surface area contributed by atoms with Gasteiger partial charge in [-0.1, -0.05) is 23.7 Å². The summed E-state index contributed by atoms with van der Waals surface area (Å²) in [6, 6.07) is 12.1. The Labute approximate surface area is 237 Å². The van der Waals surface area contributed by atoms with Crippen LogP contribution in [0.1, 0.15) is 37.2 Å². The monoisotopic (exact) mass is 570 g/mol. The van der Waals surface area contributed by atoms with Crippen molar-refractivity contribution in [2.75, 3.05) is 32.7 Å². The van der Waals surface area contributed by atoms with Crippen LogP contribution in [0.15, 0.2) is 48.5 Å². The minimum absolute atomic E-state index is 0.00666. The van der Waals surface area contributed by atoms with Gasteiger partial charge in [-0.05, 0) is 61.2 Å². The van der Waals surface area contributed by atoms with Crippen LogP contribution in [0.5, 0.6) is 5.75 Å². The largest absolute Gasteiger partial charge is 0.412 e. The lowest BCUT2D eigenvalue weighted by Gasteiger charge is -2.35. The van der Waals surface area contributed by atoms with Crippen LogP contribution >= 0.6 is 11.6 Å². The minimum Gasteiger partial charge on any atom is -0.410 e. The van der Waals surface area contributed by atoms with E-state index in [1.54, 1.807) is 17.0 Å². The second kappa shape index (κ2) is 12.2. The Bertz CT molecular complexity index is 1240. The number of carbonyl (C=O) groups excluding carboxylic acids is 4. The van der Waals surface area contributed by atoms with Gasteiger partial charge >= 0.3 is 6.09 Å². The number of benzene rings is 2. The van der Waals surface area contributed by atoms with Gasteiger partial charge in [0.05, 0.1) is 12.0 Å². The number of halogens is 2. The zero-order chi connectivity index (χ0) is 28.2. The van der Waals surface area contributed by atoms with Crippen molar-refractivity contribution in [2.24, 2.45) is 11.8 Å². The molecule has 0 aliphatic carbocycles. The van der Waals surface area contributed by atoms with Crippen LogP contribution in [-0.2, 0) is 14.4 Å². The fourth-order valence-corrected chi connectivity index (χ4v) is 5.90.